The van der Waals surface area contributed by atoms with E-state index in [1.54, 1.807) is 0 Å². The number of rotatable bonds is 3. The Hall–Kier alpha value is -0.220. The van der Waals surface area contributed by atoms with Gasteiger partial charge in [0.15, 0.2) is 0 Å². The van der Waals surface area contributed by atoms with Crippen LogP contribution in [0.25, 0.3) is 0 Å². The summed E-state index contributed by atoms with van der Waals surface area (Å²) in [5.74, 6) is 3.38. The molecule has 0 unspecified atom stereocenters. The maximum atomic E-state index is 11.7. The Morgan fingerprint density at radius 1 is 1.33 bits per heavy atom. The van der Waals surface area contributed by atoms with Gasteiger partial charge in [-0.1, -0.05) is 0 Å². The van der Waals surface area contributed by atoms with Gasteiger partial charge in [-0.2, -0.15) is 11.8 Å². The van der Waals surface area contributed by atoms with E-state index < -0.39 is 0 Å². The Morgan fingerprint density at radius 3 is 2.80 bits per heavy atom. The van der Waals surface area contributed by atoms with E-state index in [1.807, 2.05) is 11.8 Å². The Balaban J connectivity index is 1.66. The lowest BCUT2D eigenvalue weighted by Crippen LogP contribution is -2.37. The summed E-state index contributed by atoms with van der Waals surface area (Å²) in [5, 5.41) is 6.38. The molecule has 0 aromatic carbocycles. The van der Waals surface area contributed by atoms with Crippen LogP contribution in [0.2, 0.25) is 0 Å². The molecule has 0 radical (unpaired) electrons. The van der Waals surface area contributed by atoms with Crippen LogP contribution in [0.4, 0.5) is 0 Å². The van der Waals surface area contributed by atoms with E-state index in [-0.39, 0.29) is 5.91 Å². The van der Waals surface area contributed by atoms with Gasteiger partial charge in [-0.3, -0.25) is 4.79 Å². The Bertz CT molecular complexity index is 211. The highest BCUT2D eigenvalue weighted by molar-refractivity contribution is 7.99. The van der Waals surface area contributed by atoms with Crippen LogP contribution in [0.15, 0.2) is 0 Å². The molecule has 3 nitrogen and oxygen atoms in total. The molecule has 15 heavy (non-hydrogen) atoms. The molecule has 2 saturated heterocycles. The van der Waals surface area contributed by atoms with E-state index in [9.17, 15) is 4.79 Å². The zero-order chi connectivity index (χ0) is 10.5. The molecule has 2 aliphatic rings. The van der Waals surface area contributed by atoms with Crippen LogP contribution in [0.3, 0.4) is 0 Å². The van der Waals surface area contributed by atoms with Gasteiger partial charge >= 0.3 is 0 Å². The maximum absolute atomic E-state index is 11.7. The monoisotopic (exact) mass is 228 g/mol. The number of carbonyl (C=O) groups excluding carboxylic acids is 1. The summed E-state index contributed by atoms with van der Waals surface area (Å²) in [6, 6.07) is 0.385. The molecule has 2 N–H and O–H groups in total. The van der Waals surface area contributed by atoms with Gasteiger partial charge in [0.1, 0.15) is 0 Å². The molecule has 0 bridgehead atoms. The first-order valence-electron chi connectivity index (χ1n) is 5.92. The molecule has 4 heteroatoms. The predicted molar refractivity (Wildman–Crippen MR) is 64.1 cm³/mol. The van der Waals surface area contributed by atoms with Crippen molar-refractivity contribution < 1.29 is 4.79 Å². The molecule has 0 spiro atoms. The summed E-state index contributed by atoms with van der Waals surface area (Å²) in [7, 11) is 0. The van der Waals surface area contributed by atoms with E-state index in [0.717, 1.165) is 25.9 Å². The van der Waals surface area contributed by atoms with Gasteiger partial charge in [-0.25, -0.2) is 0 Å². The quantitative estimate of drug-likeness (QED) is 0.757. The lowest BCUT2D eigenvalue weighted by atomic mass is 9.98. The third-order valence-corrected chi connectivity index (χ3v) is 4.29. The Kier molecular flexibility index (Phi) is 4.32. The molecule has 0 saturated carbocycles. The first-order valence-corrected chi connectivity index (χ1v) is 7.08. The van der Waals surface area contributed by atoms with Gasteiger partial charge in [-0.05, 0) is 43.2 Å². The van der Waals surface area contributed by atoms with Crippen molar-refractivity contribution >= 4 is 17.7 Å². The summed E-state index contributed by atoms with van der Waals surface area (Å²) >= 11 is 2.02. The second kappa shape index (κ2) is 5.75. The van der Waals surface area contributed by atoms with Crippen LogP contribution < -0.4 is 10.6 Å². The molecule has 2 aliphatic heterocycles. The fraction of sp³-hybridized carbons (Fsp3) is 0.909. The number of hydrogen-bond acceptors (Lipinski definition) is 3. The van der Waals surface area contributed by atoms with Crippen LogP contribution >= 0.6 is 11.8 Å². The van der Waals surface area contributed by atoms with Crippen LogP contribution in [-0.4, -0.2) is 36.5 Å². The fourth-order valence-corrected chi connectivity index (χ4v) is 3.48. The minimum absolute atomic E-state index is 0.264. The summed E-state index contributed by atoms with van der Waals surface area (Å²) in [6.45, 7) is 2.00. The fourth-order valence-electron chi connectivity index (χ4n) is 2.28. The summed E-state index contributed by atoms with van der Waals surface area (Å²) in [5.41, 5.74) is 0. The second-order valence-electron chi connectivity index (χ2n) is 4.52. The van der Waals surface area contributed by atoms with Gasteiger partial charge in [0.05, 0.1) is 0 Å². The van der Waals surface area contributed by atoms with Gasteiger partial charge < -0.3 is 10.6 Å². The normalized spacial score (nSPS) is 27.9. The van der Waals surface area contributed by atoms with Crippen molar-refractivity contribution in [2.24, 2.45) is 5.92 Å². The highest BCUT2D eigenvalue weighted by Gasteiger charge is 2.20. The summed E-state index contributed by atoms with van der Waals surface area (Å²) < 4.78 is 0. The van der Waals surface area contributed by atoms with E-state index in [1.165, 1.54) is 24.3 Å². The number of thioether (sulfide) groups is 1. The first-order chi connectivity index (χ1) is 7.34. The van der Waals surface area contributed by atoms with Crippen molar-refractivity contribution in [3.05, 3.63) is 0 Å². The standard InChI is InChI=1S/C11H20N2OS/c14-11(13-10-1-4-12-8-10)7-9-2-5-15-6-3-9/h9-10,12H,1-8H2,(H,13,14)/t10-/m0/s1. The average Bonchev–Trinajstić information content (AvgIpc) is 2.71. The molecule has 0 aliphatic carbocycles. The lowest BCUT2D eigenvalue weighted by molar-refractivity contribution is -0.122. The molecule has 2 rings (SSSR count). The smallest absolute Gasteiger partial charge is 0.220 e. The largest absolute Gasteiger partial charge is 0.352 e. The molecule has 0 aromatic heterocycles. The zero-order valence-corrected chi connectivity index (χ0v) is 9.94. The third-order valence-electron chi connectivity index (χ3n) is 3.24. The Morgan fingerprint density at radius 2 is 2.13 bits per heavy atom. The molecular formula is C11H20N2OS. The topological polar surface area (TPSA) is 41.1 Å². The van der Waals surface area contributed by atoms with Crippen LogP contribution in [-0.2, 0) is 4.79 Å². The lowest BCUT2D eigenvalue weighted by Gasteiger charge is -2.21. The van der Waals surface area contributed by atoms with Crippen molar-refractivity contribution in [3.63, 3.8) is 0 Å². The number of amides is 1. The van der Waals surface area contributed by atoms with Crippen LogP contribution in [0.1, 0.15) is 25.7 Å². The summed E-state index contributed by atoms with van der Waals surface area (Å²) in [4.78, 5) is 11.7. The van der Waals surface area contributed by atoms with Crippen molar-refractivity contribution in [1.29, 1.82) is 0 Å². The van der Waals surface area contributed by atoms with E-state index in [2.05, 4.69) is 10.6 Å². The number of carbonyl (C=O) groups is 1. The molecule has 86 valence electrons. The average molecular weight is 228 g/mol. The minimum Gasteiger partial charge on any atom is -0.352 e. The van der Waals surface area contributed by atoms with Crippen molar-refractivity contribution in [3.8, 4) is 0 Å². The van der Waals surface area contributed by atoms with Crippen molar-refractivity contribution in [2.75, 3.05) is 24.6 Å². The van der Waals surface area contributed by atoms with Crippen molar-refractivity contribution in [2.45, 2.75) is 31.7 Å². The van der Waals surface area contributed by atoms with Gasteiger partial charge in [0.2, 0.25) is 5.91 Å². The first kappa shape index (κ1) is 11.3. The number of hydrogen-bond donors (Lipinski definition) is 2. The third kappa shape index (κ3) is 3.68. The summed E-state index contributed by atoms with van der Waals surface area (Å²) in [6.07, 6.45) is 4.28. The van der Waals surface area contributed by atoms with E-state index >= 15 is 0 Å². The minimum atomic E-state index is 0.264. The predicted octanol–water partition coefficient (Wildman–Crippen LogP) is 0.998. The Labute approximate surface area is 95.8 Å². The zero-order valence-electron chi connectivity index (χ0n) is 9.13. The molecule has 1 amide bonds. The highest BCUT2D eigenvalue weighted by Crippen LogP contribution is 2.25. The van der Waals surface area contributed by atoms with E-state index in [4.69, 9.17) is 0 Å². The maximum Gasteiger partial charge on any atom is 0.220 e. The van der Waals surface area contributed by atoms with Gasteiger partial charge in [0, 0.05) is 19.0 Å². The highest BCUT2D eigenvalue weighted by atomic mass is 32.2. The number of nitrogens with one attached hydrogen (secondary N) is 2. The van der Waals surface area contributed by atoms with E-state index in [0.29, 0.717) is 12.0 Å². The molecular weight excluding hydrogens is 208 g/mol. The second-order valence-corrected chi connectivity index (χ2v) is 5.74. The van der Waals surface area contributed by atoms with Crippen molar-refractivity contribution in [1.82, 2.24) is 10.6 Å². The van der Waals surface area contributed by atoms with Gasteiger partial charge in [-0.15, -0.1) is 0 Å². The molecule has 0 aromatic rings. The van der Waals surface area contributed by atoms with Crippen LogP contribution in [0, 0.1) is 5.92 Å². The molecule has 1 atom stereocenters. The molecule has 2 heterocycles. The SMILES string of the molecule is O=C(CC1CCSCC1)N[C@H]1CCNC1. The molecule has 2 fully saturated rings. The van der Waals surface area contributed by atoms with Crippen LogP contribution in [0.5, 0.6) is 0 Å². The van der Waals surface area contributed by atoms with Gasteiger partial charge in [0.25, 0.3) is 0 Å².